The van der Waals surface area contributed by atoms with Crippen molar-refractivity contribution in [2.45, 2.75) is 39.8 Å². The number of carbonyl (C=O) groups excluding carboxylic acids is 1. The second-order valence-corrected chi connectivity index (χ2v) is 12.3. The lowest BCUT2D eigenvalue weighted by Gasteiger charge is -2.39. The van der Waals surface area contributed by atoms with Crippen LogP contribution in [-0.2, 0) is 17.9 Å². The van der Waals surface area contributed by atoms with E-state index in [1.54, 1.807) is 23.5 Å². The molecule has 5 rings (SSSR count). The number of para-hydroxylation sites is 1. The van der Waals surface area contributed by atoms with Crippen LogP contribution in [0.1, 0.15) is 42.0 Å². The lowest BCUT2D eigenvalue weighted by Crippen LogP contribution is -2.48. The fourth-order valence-corrected chi connectivity index (χ4v) is 6.74. The molecule has 0 atom stereocenters. The average Bonchev–Trinajstić information content (AvgIpc) is 3.30. The zero-order chi connectivity index (χ0) is 30.5. The van der Waals surface area contributed by atoms with Gasteiger partial charge in [-0.25, -0.2) is 0 Å². The molecule has 0 unspecified atom stereocenters. The predicted molar refractivity (Wildman–Crippen MR) is 178 cm³/mol. The largest absolute Gasteiger partial charge is 0.497 e. The maximum absolute atomic E-state index is 13.7. The smallest absolute Gasteiger partial charge is 0.270 e. The van der Waals surface area contributed by atoms with E-state index in [0.717, 1.165) is 48.6 Å². The second kappa shape index (κ2) is 13.5. The van der Waals surface area contributed by atoms with Gasteiger partial charge in [-0.2, -0.15) is 5.26 Å². The van der Waals surface area contributed by atoms with Crippen LogP contribution >= 0.6 is 24.0 Å². The molecule has 1 amide bonds. The molecule has 0 bridgehead atoms. The summed E-state index contributed by atoms with van der Waals surface area (Å²) in [7, 11) is 1.62. The molecule has 10 heteroatoms. The van der Waals surface area contributed by atoms with Gasteiger partial charge in [0, 0.05) is 44.0 Å². The summed E-state index contributed by atoms with van der Waals surface area (Å²) >= 11 is 6.89. The Morgan fingerprint density at radius 3 is 2.33 bits per heavy atom. The number of pyridine rings is 1. The Balaban J connectivity index is 1.52. The highest BCUT2D eigenvalue weighted by Crippen LogP contribution is 2.37. The number of methoxy groups -OCH3 is 1. The van der Waals surface area contributed by atoms with Gasteiger partial charge in [0.2, 0.25) is 0 Å². The Kier molecular flexibility index (Phi) is 9.53. The van der Waals surface area contributed by atoms with Gasteiger partial charge in [0.05, 0.1) is 18.6 Å². The Morgan fingerprint density at radius 1 is 1.02 bits per heavy atom. The van der Waals surface area contributed by atoms with Crippen LogP contribution in [0, 0.1) is 18.3 Å². The number of aromatic nitrogens is 1. The molecule has 0 aliphatic carbocycles. The molecule has 0 saturated carbocycles. The summed E-state index contributed by atoms with van der Waals surface area (Å²) in [5.41, 5.74) is 3.25. The van der Waals surface area contributed by atoms with E-state index in [1.807, 2.05) is 48.5 Å². The van der Waals surface area contributed by atoms with Crippen molar-refractivity contribution in [2.24, 2.45) is 0 Å². The molecule has 2 aliphatic heterocycles. The number of thioether (sulfide) groups is 1. The van der Waals surface area contributed by atoms with Crippen LogP contribution in [0.5, 0.6) is 5.75 Å². The molecular weight excluding hydrogens is 579 g/mol. The first-order valence-corrected chi connectivity index (χ1v) is 15.7. The Hall–Kier alpha value is -4.07. The van der Waals surface area contributed by atoms with Crippen molar-refractivity contribution in [3.63, 3.8) is 0 Å². The van der Waals surface area contributed by atoms with E-state index >= 15 is 0 Å². The van der Waals surface area contributed by atoms with Crippen molar-refractivity contribution in [2.75, 3.05) is 43.1 Å². The standard InChI is InChI=1S/C33H35N5O3S2/c1-4-5-15-37-30(36-18-16-35(17-19-36)25-9-7-6-8-10-25)27(23(2)28(21-34)31(37)39)20-29-32(40)38(33(42)43-29)22-24-11-13-26(41-3)14-12-24/h6-14,20H,4-5,15-19,22H2,1-3H3/b29-20+. The number of ether oxygens (including phenoxy) is 1. The van der Waals surface area contributed by atoms with Gasteiger partial charge in [-0.15, -0.1) is 0 Å². The molecule has 0 N–H and O–H groups in total. The van der Waals surface area contributed by atoms with E-state index in [0.29, 0.717) is 41.0 Å². The number of hydrogen-bond donors (Lipinski definition) is 0. The quantitative estimate of drug-likeness (QED) is 0.229. The van der Waals surface area contributed by atoms with Crippen molar-refractivity contribution in [1.29, 1.82) is 5.26 Å². The first kappa shape index (κ1) is 30.4. The van der Waals surface area contributed by atoms with Gasteiger partial charge in [0.15, 0.2) is 0 Å². The minimum Gasteiger partial charge on any atom is -0.497 e. The molecule has 0 radical (unpaired) electrons. The molecular formula is C33H35N5O3S2. The Labute approximate surface area is 262 Å². The summed E-state index contributed by atoms with van der Waals surface area (Å²) in [5, 5.41) is 10.0. The molecule has 43 heavy (non-hydrogen) atoms. The third-order valence-electron chi connectivity index (χ3n) is 7.93. The van der Waals surface area contributed by atoms with E-state index in [-0.39, 0.29) is 17.0 Å². The van der Waals surface area contributed by atoms with E-state index in [9.17, 15) is 14.9 Å². The number of hydrogen-bond acceptors (Lipinski definition) is 8. The van der Waals surface area contributed by atoms with Crippen molar-refractivity contribution >= 4 is 51.8 Å². The number of benzene rings is 2. The maximum Gasteiger partial charge on any atom is 0.270 e. The van der Waals surface area contributed by atoms with E-state index in [2.05, 4.69) is 34.9 Å². The summed E-state index contributed by atoms with van der Waals surface area (Å²) < 4.78 is 7.48. The highest BCUT2D eigenvalue weighted by molar-refractivity contribution is 8.26. The molecule has 3 aromatic rings. The lowest BCUT2D eigenvalue weighted by atomic mass is 10.0. The fourth-order valence-electron chi connectivity index (χ4n) is 5.50. The predicted octanol–water partition coefficient (Wildman–Crippen LogP) is 5.57. The summed E-state index contributed by atoms with van der Waals surface area (Å²) in [4.78, 5) is 34.0. The van der Waals surface area contributed by atoms with Gasteiger partial charge in [-0.3, -0.25) is 19.1 Å². The normalized spacial score (nSPS) is 16.2. The number of carbonyl (C=O) groups is 1. The number of amides is 1. The molecule has 0 spiro atoms. The summed E-state index contributed by atoms with van der Waals surface area (Å²) in [6.45, 7) is 7.70. The first-order valence-electron chi connectivity index (χ1n) is 14.5. The first-order chi connectivity index (χ1) is 20.9. The van der Waals surface area contributed by atoms with E-state index in [4.69, 9.17) is 17.0 Å². The van der Waals surface area contributed by atoms with Crippen LogP contribution in [0.4, 0.5) is 11.5 Å². The molecule has 8 nitrogen and oxygen atoms in total. The van der Waals surface area contributed by atoms with Crippen molar-refractivity contribution in [3.05, 3.63) is 92.1 Å². The maximum atomic E-state index is 13.7. The van der Waals surface area contributed by atoms with Crippen molar-refractivity contribution in [1.82, 2.24) is 9.47 Å². The van der Waals surface area contributed by atoms with Gasteiger partial charge in [-0.05, 0) is 54.8 Å². The van der Waals surface area contributed by atoms with Gasteiger partial charge in [0.25, 0.3) is 11.5 Å². The Morgan fingerprint density at radius 2 is 1.70 bits per heavy atom. The third-order valence-corrected chi connectivity index (χ3v) is 9.31. The van der Waals surface area contributed by atoms with Crippen LogP contribution < -0.4 is 20.1 Å². The minimum atomic E-state index is -0.279. The van der Waals surface area contributed by atoms with Crippen LogP contribution in [0.2, 0.25) is 0 Å². The number of rotatable bonds is 9. The van der Waals surface area contributed by atoms with Gasteiger partial charge < -0.3 is 14.5 Å². The van der Waals surface area contributed by atoms with Gasteiger partial charge >= 0.3 is 0 Å². The van der Waals surface area contributed by atoms with Crippen molar-refractivity contribution < 1.29 is 9.53 Å². The molecule has 2 saturated heterocycles. The number of nitriles is 1. The van der Waals surface area contributed by atoms with Crippen molar-refractivity contribution in [3.8, 4) is 11.8 Å². The minimum absolute atomic E-state index is 0.114. The monoisotopic (exact) mass is 613 g/mol. The molecule has 222 valence electrons. The number of unbranched alkanes of at least 4 members (excludes halogenated alkanes) is 1. The molecule has 2 fully saturated rings. The highest BCUT2D eigenvalue weighted by atomic mass is 32.2. The summed E-state index contributed by atoms with van der Waals surface area (Å²) in [5.74, 6) is 1.33. The zero-order valence-corrected chi connectivity index (χ0v) is 26.3. The number of piperazine rings is 1. The second-order valence-electron chi connectivity index (χ2n) is 10.6. The van der Waals surface area contributed by atoms with Crippen LogP contribution in [0.3, 0.4) is 0 Å². The topological polar surface area (TPSA) is 81.8 Å². The van der Waals surface area contributed by atoms with Gasteiger partial charge in [-0.1, -0.05) is 67.7 Å². The lowest BCUT2D eigenvalue weighted by molar-refractivity contribution is -0.122. The fraction of sp³-hybridized carbons (Fsp3) is 0.333. The van der Waals surface area contributed by atoms with Crippen LogP contribution in [-0.4, -0.2) is 53.0 Å². The van der Waals surface area contributed by atoms with Crippen LogP contribution in [0.15, 0.2) is 64.3 Å². The number of thiocarbonyl (C=S) groups is 1. The number of anilines is 2. The zero-order valence-electron chi connectivity index (χ0n) is 24.7. The molecule has 2 aromatic carbocycles. The van der Waals surface area contributed by atoms with Crippen LogP contribution in [0.25, 0.3) is 6.08 Å². The molecule has 2 aliphatic rings. The average molecular weight is 614 g/mol. The molecule has 3 heterocycles. The summed E-state index contributed by atoms with van der Waals surface area (Å²) in [6, 6.07) is 20.0. The number of nitrogens with zero attached hydrogens (tertiary/aromatic N) is 5. The van der Waals surface area contributed by atoms with E-state index in [1.165, 1.54) is 17.4 Å². The Bertz CT molecular complexity index is 1640. The highest BCUT2D eigenvalue weighted by Gasteiger charge is 2.34. The van der Waals surface area contributed by atoms with Gasteiger partial charge in [0.1, 0.15) is 27.5 Å². The third kappa shape index (κ3) is 6.33. The van der Waals surface area contributed by atoms with E-state index < -0.39 is 0 Å². The molecule has 1 aromatic heterocycles. The SMILES string of the molecule is CCCCn1c(N2CCN(c3ccccc3)CC2)c(/C=C2/SC(=S)N(Cc3ccc(OC)cc3)C2=O)c(C)c(C#N)c1=O. The summed E-state index contributed by atoms with van der Waals surface area (Å²) in [6.07, 6.45) is 3.54.